The van der Waals surface area contributed by atoms with Crippen LogP contribution < -0.4 is 4.90 Å². The highest BCUT2D eigenvalue weighted by Gasteiger charge is 2.21. The van der Waals surface area contributed by atoms with E-state index >= 15 is 0 Å². The predicted octanol–water partition coefficient (Wildman–Crippen LogP) is 3.98. The maximum absolute atomic E-state index is 11.6. The molecule has 0 amide bonds. The van der Waals surface area contributed by atoms with Crippen LogP contribution in [0.5, 0.6) is 0 Å². The van der Waals surface area contributed by atoms with Crippen molar-refractivity contribution in [1.82, 2.24) is 9.97 Å². The predicted molar refractivity (Wildman–Crippen MR) is 104 cm³/mol. The van der Waals surface area contributed by atoms with E-state index in [1.54, 1.807) is 12.1 Å². The van der Waals surface area contributed by atoms with Crippen LogP contribution in [0.2, 0.25) is 5.02 Å². The molecule has 0 saturated carbocycles. The van der Waals surface area contributed by atoms with Crippen molar-refractivity contribution < 1.29 is 9.90 Å². The summed E-state index contributed by atoms with van der Waals surface area (Å²) in [7, 11) is 0. The number of benzene rings is 2. The number of fused-ring (bicyclic) bond motifs is 1. The van der Waals surface area contributed by atoms with Crippen molar-refractivity contribution in [3.8, 4) is 0 Å². The van der Waals surface area contributed by atoms with E-state index in [1.165, 1.54) is 17.3 Å². The van der Waals surface area contributed by atoms with Crippen LogP contribution in [0, 0.1) is 0 Å². The van der Waals surface area contributed by atoms with E-state index in [-0.39, 0.29) is 5.56 Å². The molecular formula is C21H18ClN3O2. The number of nitrogens with zero attached hydrogens (tertiary/aromatic N) is 3. The molecule has 1 aliphatic heterocycles. The van der Waals surface area contributed by atoms with Gasteiger partial charge >= 0.3 is 5.97 Å². The molecule has 4 rings (SSSR count). The molecule has 0 fully saturated rings. The van der Waals surface area contributed by atoms with Gasteiger partial charge in [0.05, 0.1) is 11.3 Å². The van der Waals surface area contributed by atoms with Crippen LogP contribution in [0.1, 0.15) is 32.7 Å². The van der Waals surface area contributed by atoms with Gasteiger partial charge in [-0.3, -0.25) is 0 Å². The average Bonchev–Trinajstić information content (AvgIpc) is 2.69. The lowest BCUT2D eigenvalue weighted by molar-refractivity contribution is 0.0695. The van der Waals surface area contributed by atoms with E-state index in [1.807, 2.05) is 18.2 Å². The first-order chi connectivity index (χ1) is 13.1. The summed E-state index contributed by atoms with van der Waals surface area (Å²) in [6, 6.07) is 15.7. The van der Waals surface area contributed by atoms with Gasteiger partial charge in [-0.2, -0.15) is 0 Å². The number of carboxylic acids is 1. The number of hydrogen-bond acceptors (Lipinski definition) is 4. The summed E-state index contributed by atoms with van der Waals surface area (Å²) < 4.78 is 0. The van der Waals surface area contributed by atoms with Gasteiger partial charge in [0.2, 0.25) is 5.95 Å². The van der Waals surface area contributed by atoms with Gasteiger partial charge < -0.3 is 10.0 Å². The van der Waals surface area contributed by atoms with Crippen LogP contribution in [-0.4, -0.2) is 27.6 Å². The number of carboxylic acid groups (broad SMARTS) is 1. The Morgan fingerprint density at radius 1 is 1.11 bits per heavy atom. The maximum Gasteiger partial charge on any atom is 0.339 e. The molecule has 0 saturated heterocycles. The number of anilines is 1. The van der Waals surface area contributed by atoms with Crippen molar-refractivity contribution in [3.63, 3.8) is 0 Å². The Balaban J connectivity index is 1.65. The molecule has 0 radical (unpaired) electrons. The fourth-order valence-corrected chi connectivity index (χ4v) is 3.46. The maximum atomic E-state index is 11.6. The van der Waals surface area contributed by atoms with Crippen molar-refractivity contribution in [2.75, 3.05) is 11.4 Å². The van der Waals surface area contributed by atoms with E-state index in [0.29, 0.717) is 23.1 Å². The number of hydrogen-bond donors (Lipinski definition) is 1. The third-order valence-electron chi connectivity index (χ3n) is 4.78. The van der Waals surface area contributed by atoms with Gasteiger partial charge in [0.1, 0.15) is 0 Å². The van der Waals surface area contributed by atoms with Crippen LogP contribution >= 0.6 is 11.6 Å². The van der Waals surface area contributed by atoms with Crippen molar-refractivity contribution >= 4 is 23.5 Å². The topological polar surface area (TPSA) is 66.3 Å². The molecular weight excluding hydrogens is 362 g/mol. The highest BCUT2D eigenvalue weighted by atomic mass is 35.5. The van der Waals surface area contributed by atoms with Crippen LogP contribution in [0.3, 0.4) is 0 Å². The molecule has 0 atom stereocenters. The standard InChI is InChI=1S/C21H18ClN3O2/c22-17-7-5-14(6-8-17)11-19-18(20(26)27)12-23-21(24-19)25-10-9-15-3-1-2-4-16(15)13-25/h1-8,12H,9-11,13H2,(H,26,27). The lowest BCUT2D eigenvalue weighted by Crippen LogP contribution is -2.32. The first-order valence-corrected chi connectivity index (χ1v) is 9.13. The normalized spacial score (nSPS) is 13.3. The minimum absolute atomic E-state index is 0.131. The van der Waals surface area contributed by atoms with Gasteiger partial charge in [0.25, 0.3) is 0 Å². The fourth-order valence-electron chi connectivity index (χ4n) is 3.33. The minimum atomic E-state index is -1.02. The Morgan fingerprint density at radius 2 is 1.85 bits per heavy atom. The molecule has 1 N–H and O–H groups in total. The average molecular weight is 380 g/mol. The summed E-state index contributed by atoms with van der Waals surface area (Å²) in [4.78, 5) is 22.6. The van der Waals surface area contributed by atoms with Gasteiger partial charge in [0.15, 0.2) is 0 Å². The summed E-state index contributed by atoms with van der Waals surface area (Å²) in [5, 5.41) is 10.2. The fraction of sp³-hybridized carbons (Fsp3) is 0.190. The molecule has 6 heteroatoms. The third kappa shape index (κ3) is 3.78. The third-order valence-corrected chi connectivity index (χ3v) is 5.04. The molecule has 1 aliphatic rings. The first-order valence-electron chi connectivity index (χ1n) is 8.75. The molecule has 2 aromatic carbocycles. The minimum Gasteiger partial charge on any atom is -0.478 e. The summed E-state index contributed by atoms with van der Waals surface area (Å²) in [6.45, 7) is 1.53. The largest absolute Gasteiger partial charge is 0.478 e. The quantitative estimate of drug-likeness (QED) is 0.742. The van der Waals surface area contributed by atoms with Crippen molar-refractivity contribution in [2.24, 2.45) is 0 Å². The monoisotopic (exact) mass is 379 g/mol. The molecule has 5 nitrogen and oxygen atoms in total. The number of carbonyl (C=O) groups is 1. The van der Waals surface area contributed by atoms with Crippen LogP contribution in [0.25, 0.3) is 0 Å². The van der Waals surface area contributed by atoms with Gasteiger partial charge in [-0.25, -0.2) is 14.8 Å². The molecule has 27 heavy (non-hydrogen) atoms. The number of rotatable bonds is 4. The zero-order chi connectivity index (χ0) is 18.8. The van der Waals surface area contributed by atoms with Gasteiger partial charge in [-0.1, -0.05) is 48.0 Å². The highest BCUT2D eigenvalue weighted by molar-refractivity contribution is 6.30. The zero-order valence-corrected chi connectivity index (χ0v) is 15.4. The van der Waals surface area contributed by atoms with Gasteiger partial charge in [-0.05, 0) is 35.2 Å². The number of aromatic carboxylic acids is 1. The molecule has 0 bridgehead atoms. The second kappa shape index (κ2) is 7.37. The first kappa shape index (κ1) is 17.5. The Kier molecular flexibility index (Phi) is 4.77. The van der Waals surface area contributed by atoms with Gasteiger partial charge in [0, 0.05) is 30.7 Å². The summed E-state index contributed by atoms with van der Waals surface area (Å²) in [6.07, 6.45) is 2.75. The molecule has 0 spiro atoms. The second-order valence-corrected chi connectivity index (χ2v) is 7.02. The van der Waals surface area contributed by atoms with E-state index in [4.69, 9.17) is 11.6 Å². The Morgan fingerprint density at radius 3 is 2.59 bits per heavy atom. The molecule has 2 heterocycles. The zero-order valence-electron chi connectivity index (χ0n) is 14.6. The smallest absolute Gasteiger partial charge is 0.339 e. The highest BCUT2D eigenvalue weighted by Crippen LogP contribution is 2.23. The molecule has 136 valence electrons. The van der Waals surface area contributed by atoms with Crippen molar-refractivity contribution in [3.05, 3.63) is 87.7 Å². The van der Waals surface area contributed by atoms with Crippen LogP contribution in [0.4, 0.5) is 5.95 Å². The number of aromatic nitrogens is 2. The number of halogens is 1. The van der Waals surface area contributed by atoms with Crippen molar-refractivity contribution in [2.45, 2.75) is 19.4 Å². The second-order valence-electron chi connectivity index (χ2n) is 6.58. The van der Waals surface area contributed by atoms with Crippen LogP contribution in [0.15, 0.2) is 54.7 Å². The molecule has 3 aromatic rings. The SMILES string of the molecule is O=C(O)c1cnc(N2CCc3ccccc3C2)nc1Cc1ccc(Cl)cc1. The summed E-state index contributed by atoms with van der Waals surface area (Å²) in [5.74, 6) is -0.451. The van der Waals surface area contributed by atoms with E-state index < -0.39 is 5.97 Å². The van der Waals surface area contributed by atoms with Crippen molar-refractivity contribution in [1.29, 1.82) is 0 Å². The van der Waals surface area contributed by atoms with E-state index in [9.17, 15) is 9.90 Å². The lowest BCUT2D eigenvalue weighted by Gasteiger charge is -2.29. The Hall–Kier alpha value is -2.92. The Labute approximate surface area is 162 Å². The summed E-state index contributed by atoms with van der Waals surface area (Å²) >= 11 is 5.94. The lowest BCUT2D eigenvalue weighted by atomic mass is 10.0. The van der Waals surface area contributed by atoms with E-state index in [0.717, 1.165) is 25.1 Å². The van der Waals surface area contributed by atoms with E-state index in [2.05, 4.69) is 33.1 Å². The van der Waals surface area contributed by atoms with Gasteiger partial charge in [-0.15, -0.1) is 0 Å². The van der Waals surface area contributed by atoms with Crippen LogP contribution in [-0.2, 0) is 19.4 Å². The molecule has 0 aliphatic carbocycles. The molecule has 1 aromatic heterocycles. The molecule has 0 unspecified atom stereocenters. The summed E-state index contributed by atoms with van der Waals surface area (Å²) in [5.41, 5.74) is 4.20. The Bertz CT molecular complexity index is 989.